The van der Waals surface area contributed by atoms with Crippen molar-refractivity contribution in [3.8, 4) is 0 Å². The van der Waals surface area contributed by atoms with Crippen molar-refractivity contribution in [1.82, 2.24) is 14.3 Å². The average molecular weight is 245 g/mol. The highest BCUT2D eigenvalue weighted by Crippen LogP contribution is 2.08. The first-order valence-corrected chi connectivity index (χ1v) is 6.38. The van der Waals surface area contributed by atoms with Crippen molar-refractivity contribution in [2.75, 3.05) is 6.54 Å². The molecule has 0 bridgehead atoms. The van der Waals surface area contributed by atoms with Crippen LogP contribution in [-0.4, -0.2) is 30.3 Å². The molecule has 0 amide bonds. The maximum absolute atomic E-state index is 11.7. The molecule has 6 nitrogen and oxygen atoms in total. The van der Waals surface area contributed by atoms with Crippen LogP contribution >= 0.6 is 0 Å². The van der Waals surface area contributed by atoms with E-state index in [0.29, 0.717) is 12.4 Å². The van der Waals surface area contributed by atoms with Gasteiger partial charge in [0.25, 0.3) is 10.0 Å². The minimum Gasteiger partial charge on any atom is -0.334 e. The number of ketones is 1. The second-order valence-corrected chi connectivity index (χ2v) is 5.15. The van der Waals surface area contributed by atoms with Gasteiger partial charge in [0, 0.05) is 12.7 Å². The van der Waals surface area contributed by atoms with E-state index in [-0.39, 0.29) is 17.4 Å². The maximum atomic E-state index is 11.7. The summed E-state index contributed by atoms with van der Waals surface area (Å²) in [5.41, 5.74) is 0. The van der Waals surface area contributed by atoms with Gasteiger partial charge in [0.1, 0.15) is 11.6 Å². The minimum atomic E-state index is -3.67. The Morgan fingerprint density at radius 1 is 1.56 bits per heavy atom. The molecular formula is C9H15N3O3S. The van der Waals surface area contributed by atoms with E-state index in [2.05, 4.69) is 9.71 Å². The average Bonchev–Trinajstić information content (AvgIpc) is 2.57. The number of Topliss-reactive ketones (excluding diaryl/α,β-unsaturated/α-hetero) is 1. The molecule has 16 heavy (non-hydrogen) atoms. The van der Waals surface area contributed by atoms with Crippen LogP contribution < -0.4 is 4.72 Å². The van der Waals surface area contributed by atoms with Gasteiger partial charge in [0.2, 0.25) is 0 Å². The van der Waals surface area contributed by atoms with E-state index < -0.39 is 10.0 Å². The van der Waals surface area contributed by atoms with Crippen molar-refractivity contribution >= 4 is 15.8 Å². The number of aromatic nitrogens is 2. The summed E-state index contributed by atoms with van der Waals surface area (Å²) in [6, 6.07) is 0. The third-order valence-corrected chi connectivity index (χ3v) is 3.35. The SMILES string of the molecule is CCn1cc(S(=O)(=O)NCC(C)=O)nc1C. The third kappa shape index (κ3) is 2.89. The van der Waals surface area contributed by atoms with Gasteiger partial charge in [0.15, 0.2) is 5.03 Å². The first-order valence-electron chi connectivity index (χ1n) is 4.89. The molecule has 7 heteroatoms. The minimum absolute atomic E-state index is 0.0481. The summed E-state index contributed by atoms with van der Waals surface area (Å²) in [6.07, 6.45) is 1.46. The van der Waals surface area contributed by atoms with Gasteiger partial charge in [-0.25, -0.2) is 18.1 Å². The molecule has 1 aromatic rings. The molecule has 0 fully saturated rings. The lowest BCUT2D eigenvalue weighted by atomic mass is 10.5. The van der Waals surface area contributed by atoms with Crippen molar-refractivity contribution < 1.29 is 13.2 Å². The van der Waals surface area contributed by atoms with Gasteiger partial charge >= 0.3 is 0 Å². The van der Waals surface area contributed by atoms with Gasteiger partial charge < -0.3 is 4.57 Å². The highest BCUT2D eigenvalue weighted by atomic mass is 32.2. The molecule has 0 atom stereocenters. The lowest BCUT2D eigenvalue weighted by Gasteiger charge is -2.00. The second kappa shape index (κ2) is 4.75. The van der Waals surface area contributed by atoms with Crippen molar-refractivity contribution in [2.24, 2.45) is 0 Å². The molecule has 0 spiro atoms. The first kappa shape index (κ1) is 12.9. The molecular weight excluding hydrogens is 230 g/mol. The van der Waals surface area contributed by atoms with Crippen molar-refractivity contribution in [2.45, 2.75) is 32.3 Å². The Hall–Kier alpha value is -1.21. The van der Waals surface area contributed by atoms with Gasteiger partial charge in [-0.2, -0.15) is 0 Å². The monoisotopic (exact) mass is 245 g/mol. The quantitative estimate of drug-likeness (QED) is 0.796. The standard InChI is InChI=1S/C9H15N3O3S/c1-4-12-6-9(11-8(12)3)16(14,15)10-5-7(2)13/h6,10H,4-5H2,1-3H3. The normalized spacial score (nSPS) is 11.7. The zero-order valence-corrected chi connectivity index (χ0v) is 10.3. The van der Waals surface area contributed by atoms with Crippen LogP contribution in [0.1, 0.15) is 19.7 Å². The van der Waals surface area contributed by atoms with E-state index in [4.69, 9.17) is 0 Å². The number of imidazole rings is 1. The largest absolute Gasteiger partial charge is 0.334 e. The molecule has 0 aliphatic carbocycles. The molecule has 1 aromatic heterocycles. The number of carbonyl (C=O) groups excluding carboxylic acids is 1. The lowest BCUT2D eigenvalue weighted by molar-refractivity contribution is -0.115. The second-order valence-electron chi connectivity index (χ2n) is 3.44. The van der Waals surface area contributed by atoms with Gasteiger partial charge in [0.05, 0.1) is 6.54 Å². The number of nitrogens with zero attached hydrogens (tertiary/aromatic N) is 2. The lowest BCUT2D eigenvalue weighted by Crippen LogP contribution is -2.28. The maximum Gasteiger partial charge on any atom is 0.259 e. The molecule has 0 radical (unpaired) electrons. The number of hydrogen-bond donors (Lipinski definition) is 1. The van der Waals surface area contributed by atoms with E-state index in [1.165, 1.54) is 13.1 Å². The Balaban J connectivity index is 2.94. The van der Waals surface area contributed by atoms with Crippen LogP contribution in [0.2, 0.25) is 0 Å². The summed E-state index contributed by atoms with van der Waals surface area (Å²) < 4.78 is 27.3. The summed E-state index contributed by atoms with van der Waals surface area (Å²) in [5.74, 6) is 0.390. The van der Waals surface area contributed by atoms with Gasteiger partial charge in [-0.1, -0.05) is 0 Å². The first-order chi connectivity index (χ1) is 7.36. The predicted octanol–water partition coefficient (Wildman–Crippen LogP) is 0.0787. The van der Waals surface area contributed by atoms with E-state index in [1.54, 1.807) is 11.5 Å². The molecule has 1 heterocycles. The van der Waals surface area contributed by atoms with Gasteiger partial charge in [-0.05, 0) is 20.8 Å². The fourth-order valence-corrected chi connectivity index (χ4v) is 2.26. The van der Waals surface area contributed by atoms with Gasteiger partial charge in [-0.3, -0.25) is 4.79 Å². The Labute approximate surface area is 94.7 Å². The number of nitrogens with one attached hydrogen (secondary N) is 1. The number of sulfonamides is 1. The van der Waals surface area contributed by atoms with Crippen LogP contribution in [0.4, 0.5) is 0 Å². The zero-order valence-electron chi connectivity index (χ0n) is 9.52. The zero-order chi connectivity index (χ0) is 12.3. The molecule has 0 saturated carbocycles. The third-order valence-electron chi connectivity index (χ3n) is 2.08. The molecule has 1 rings (SSSR count). The highest BCUT2D eigenvalue weighted by molar-refractivity contribution is 7.89. The molecule has 90 valence electrons. The number of rotatable bonds is 5. The number of carbonyl (C=O) groups is 1. The van der Waals surface area contributed by atoms with Crippen molar-refractivity contribution in [3.05, 3.63) is 12.0 Å². The van der Waals surface area contributed by atoms with E-state index in [1.807, 2.05) is 6.92 Å². The van der Waals surface area contributed by atoms with Crippen LogP contribution in [-0.2, 0) is 21.4 Å². The van der Waals surface area contributed by atoms with E-state index in [9.17, 15) is 13.2 Å². The summed E-state index contributed by atoms with van der Waals surface area (Å²) in [6.45, 7) is 5.39. The van der Waals surface area contributed by atoms with Crippen LogP contribution in [0.15, 0.2) is 11.2 Å². The van der Waals surface area contributed by atoms with Crippen LogP contribution in [0.5, 0.6) is 0 Å². The Kier molecular flexibility index (Phi) is 3.82. The topological polar surface area (TPSA) is 81.1 Å². The van der Waals surface area contributed by atoms with Gasteiger partial charge in [-0.15, -0.1) is 0 Å². The van der Waals surface area contributed by atoms with Crippen molar-refractivity contribution in [1.29, 1.82) is 0 Å². The van der Waals surface area contributed by atoms with Crippen LogP contribution in [0.3, 0.4) is 0 Å². The number of aryl methyl sites for hydroxylation is 2. The van der Waals surface area contributed by atoms with Crippen LogP contribution in [0.25, 0.3) is 0 Å². The summed E-state index contributed by atoms with van der Waals surface area (Å²) in [4.78, 5) is 14.6. The summed E-state index contributed by atoms with van der Waals surface area (Å²) >= 11 is 0. The highest BCUT2D eigenvalue weighted by Gasteiger charge is 2.18. The molecule has 0 aromatic carbocycles. The molecule has 0 unspecified atom stereocenters. The fourth-order valence-electron chi connectivity index (χ4n) is 1.20. The Bertz CT molecular complexity index is 490. The molecule has 0 saturated heterocycles. The molecule has 0 aliphatic heterocycles. The van der Waals surface area contributed by atoms with Crippen molar-refractivity contribution in [3.63, 3.8) is 0 Å². The predicted molar refractivity (Wildman–Crippen MR) is 58.5 cm³/mol. The summed E-state index contributed by atoms with van der Waals surface area (Å²) in [7, 11) is -3.67. The summed E-state index contributed by atoms with van der Waals surface area (Å²) in [5, 5.41) is -0.0481. The van der Waals surface area contributed by atoms with E-state index >= 15 is 0 Å². The number of hydrogen-bond acceptors (Lipinski definition) is 4. The Morgan fingerprint density at radius 2 is 2.19 bits per heavy atom. The van der Waals surface area contributed by atoms with Crippen LogP contribution in [0, 0.1) is 6.92 Å². The molecule has 0 aliphatic rings. The smallest absolute Gasteiger partial charge is 0.259 e. The van der Waals surface area contributed by atoms with E-state index in [0.717, 1.165) is 0 Å². The fraction of sp³-hybridized carbons (Fsp3) is 0.556. The Morgan fingerprint density at radius 3 is 2.62 bits per heavy atom. The molecule has 1 N–H and O–H groups in total.